The smallest absolute Gasteiger partial charge is 0.422 e. The van der Waals surface area contributed by atoms with Crippen molar-refractivity contribution in [2.75, 3.05) is 43.1 Å². The fraction of sp³-hybridized carbons (Fsp3) is 0.320. The number of ketones is 1. The lowest BCUT2D eigenvalue weighted by molar-refractivity contribution is -0.153. The van der Waals surface area contributed by atoms with E-state index in [1.54, 1.807) is 25.1 Å². The molecule has 36 heavy (non-hydrogen) atoms. The molecule has 7 nitrogen and oxygen atoms in total. The minimum absolute atomic E-state index is 0.000100. The summed E-state index contributed by atoms with van der Waals surface area (Å²) in [5, 5.41) is 3.61. The maximum absolute atomic E-state index is 13.3. The molecule has 1 aliphatic rings. The van der Waals surface area contributed by atoms with E-state index in [4.69, 9.17) is 9.47 Å². The SMILES string of the molecule is CC(=O)Nc1ccc(-c2cc(C(=O)c3cc(OCC(F)(F)F)c(C)cn3)sc2N2CCOCC2)cc1. The highest BCUT2D eigenvalue weighted by Crippen LogP contribution is 2.40. The summed E-state index contributed by atoms with van der Waals surface area (Å²) < 4.78 is 48.2. The maximum Gasteiger partial charge on any atom is 0.422 e. The summed E-state index contributed by atoms with van der Waals surface area (Å²) in [4.78, 5) is 31.4. The number of hydrogen-bond acceptors (Lipinski definition) is 7. The molecule has 1 aliphatic heterocycles. The molecule has 0 aliphatic carbocycles. The molecule has 3 aromatic rings. The topological polar surface area (TPSA) is 80.8 Å². The number of thiophene rings is 1. The minimum atomic E-state index is -4.49. The van der Waals surface area contributed by atoms with Crippen LogP contribution in [0.1, 0.15) is 27.9 Å². The largest absolute Gasteiger partial charge is 0.484 e. The average molecular weight is 520 g/mol. The van der Waals surface area contributed by atoms with E-state index in [9.17, 15) is 22.8 Å². The van der Waals surface area contributed by atoms with E-state index in [0.717, 1.165) is 16.1 Å². The zero-order valence-electron chi connectivity index (χ0n) is 19.6. The third-order valence-electron chi connectivity index (χ3n) is 5.43. The van der Waals surface area contributed by atoms with Crippen molar-refractivity contribution in [3.05, 3.63) is 58.7 Å². The summed E-state index contributed by atoms with van der Waals surface area (Å²) in [7, 11) is 0. The Bertz CT molecular complexity index is 1250. The second-order valence-electron chi connectivity index (χ2n) is 8.26. The van der Waals surface area contributed by atoms with Gasteiger partial charge in [0.2, 0.25) is 11.7 Å². The van der Waals surface area contributed by atoms with E-state index >= 15 is 0 Å². The number of halogens is 3. The quantitative estimate of drug-likeness (QED) is 0.439. The van der Waals surface area contributed by atoms with Crippen LogP contribution in [0.3, 0.4) is 0 Å². The number of ether oxygens (including phenoxy) is 2. The minimum Gasteiger partial charge on any atom is -0.484 e. The Morgan fingerprint density at radius 2 is 1.86 bits per heavy atom. The van der Waals surface area contributed by atoms with Crippen molar-refractivity contribution in [2.45, 2.75) is 20.0 Å². The summed E-state index contributed by atoms with van der Waals surface area (Å²) in [6.45, 7) is 3.97. The molecule has 1 amide bonds. The Kier molecular flexibility index (Phi) is 7.60. The molecule has 0 radical (unpaired) electrons. The summed E-state index contributed by atoms with van der Waals surface area (Å²) in [6.07, 6.45) is -3.16. The number of nitrogens with zero attached hydrogens (tertiary/aromatic N) is 2. The fourth-order valence-corrected chi connectivity index (χ4v) is 4.89. The van der Waals surface area contributed by atoms with Crippen molar-refractivity contribution in [2.24, 2.45) is 0 Å². The number of morpholine rings is 1. The van der Waals surface area contributed by atoms with Gasteiger partial charge in [0.1, 0.15) is 11.4 Å². The zero-order chi connectivity index (χ0) is 25.9. The number of carbonyl (C=O) groups excluding carboxylic acids is 2. The number of pyridine rings is 1. The third-order valence-corrected chi connectivity index (χ3v) is 6.62. The first kappa shape index (κ1) is 25.6. The number of anilines is 2. The van der Waals surface area contributed by atoms with Crippen molar-refractivity contribution in [1.29, 1.82) is 0 Å². The Balaban J connectivity index is 1.67. The first-order valence-corrected chi connectivity index (χ1v) is 12.0. The second-order valence-corrected chi connectivity index (χ2v) is 9.29. The predicted molar refractivity (Wildman–Crippen MR) is 131 cm³/mol. The lowest BCUT2D eigenvalue weighted by atomic mass is 10.1. The van der Waals surface area contributed by atoms with Crippen LogP contribution in [-0.2, 0) is 9.53 Å². The number of aryl methyl sites for hydroxylation is 1. The zero-order valence-corrected chi connectivity index (χ0v) is 20.5. The number of benzene rings is 1. The van der Waals surface area contributed by atoms with Crippen LogP contribution in [0.2, 0.25) is 0 Å². The van der Waals surface area contributed by atoms with Gasteiger partial charge in [-0.1, -0.05) is 12.1 Å². The van der Waals surface area contributed by atoms with Crippen LogP contribution in [0.5, 0.6) is 5.75 Å². The Hall–Kier alpha value is -3.44. The van der Waals surface area contributed by atoms with E-state index in [-0.39, 0.29) is 17.4 Å². The summed E-state index contributed by atoms with van der Waals surface area (Å²) in [6, 6.07) is 10.3. The van der Waals surface area contributed by atoms with Gasteiger partial charge in [-0.3, -0.25) is 14.6 Å². The number of alkyl halides is 3. The van der Waals surface area contributed by atoms with Gasteiger partial charge in [0.25, 0.3) is 0 Å². The number of carbonyl (C=O) groups is 2. The standard InChI is InChI=1S/C25H24F3N3O4S/c1-15-13-29-20(12-21(15)35-14-25(26,27)28)23(33)22-11-19(24(36-22)31-7-9-34-10-8-31)17-3-5-18(6-4-17)30-16(2)32/h3-6,11-13H,7-10,14H2,1-2H3,(H,30,32). The van der Waals surface area contributed by atoms with Crippen LogP contribution >= 0.6 is 11.3 Å². The van der Waals surface area contributed by atoms with E-state index in [1.165, 1.54) is 30.5 Å². The molecule has 0 saturated carbocycles. The van der Waals surface area contributed by atoms with Crippen LogP contribution in [0, 0.1) is 6.92 Å². The second kappa shape index (κ2) is 10.7. The molecule has 1 fully saturated rings. The van der Waals surface area contributed by atoms with E-state index in [0.29, 0.717) is 42.4 Å². The molecule has 11 heteroatoms. The number of rotatable bonds is 7. The molecule has 1 N–H and O–H groups in total. The molecule has 0 spiro atoms. The van der Waals surface area contributed by atoms with Gasteiger partial charge in [-0.15, -0.1) is 11.3 Å². The molecular formula is C25H24F3N3O4S. The van der Waals surface area contributed by atoms with Crippen LogP contribution in [0.15, 0.2) is 42.6 Å². The van der Waals surface area contributed by atoms with Crippen LogP contribution in [0.4, 0.5) is 23.9 Å². The van der Waals surface area contributed by atoms with Gasteiger partial charge in [0.05, 0.1) is 23.1 Å². The molecule has 3 heterocycles. The summed E-state index contributed by atoms with van der Waals surface area (Å²) in [5.41, 5.74) is 2.74. The Labute approximate surface area is 209 Å². The van der Waals surface area contributed by atoms with Gasteiger partial charge >= 0.3 is 6.18 Å². The van der Waals surface area contributed by atoms with Crippen molar-refractivity contribution in [3.63, 3.8) is 0 Å². The Morgan fingerprint density at radius 1 is 1.17 bits per heavy atom. The lowest BCUT2D eigenvalue weighted by Gasteiger charge is -2.28. The van der Waals surface area contributed by atoms with E-state index < -0.39 is 18.6 Å². The molecule has 190 valence electrons. The van der Waals surface area contributed by atoms with Crippen molar-refractivity contribution < 1.29 is 32.2 Å². The molecule has 1 aromatic carbocycles. The van der Waals surface area contributed by atoms with Gasteiger partial charge in [-0.05, 0) is 30.7 Å². The van der Waals surface area contributed by atoms with Gasteiger partial charge in [0, 0.05) is 49.1 Å². The number of nitrogens with one attached hydrogen (secondary N) is 1. The Morgan fingerprint density at radius 3 is 2.50 bits per heavy atom. The first-order valence-electron chi connectivity index (χ1n) is 11.2. The van der Waals surface area contributed by atoms with Crippen LogP contribution in [-0.4, -0.2) is 55.8 Å². The lowest BCUT2D eigenvalue weighted by Crippen LogP contribution is -2.35. The molecule has 0 unspecified atom stereocenters. The molecule has 4 rings (SSSR count). The highest BCUT2D eigenvalue weighted by Gasteiger charge is 2.29. The van der Waals surface area contributed by atoms with Crippen LogP contribution in [0.25, 0.3) is 11.1 Å². The van der Waals surface area contributed by atoms with Crippen LogP contribution < -0.4 is 15.0 Å². The number of aromatic nitrogens is 1. The van der Waals surface area contributed by atoms with E-state index in [1.807, 2.05) is 12.1 Å². The van der Waals surface area contributed by atoms with Crippen molar-refractivity contribution >= 4 is 33.7 Å². The van der Waals surface area contributed by atoms with Gasteiger partial charge in [0.15, 0.2) is 6.61 Å². The molecule has 2 aromatic heterocycles. The monoisotopic (exact) mass is 519 g/mol. The van der Waals surface area contributed by atoms with Gasteiger partial charge in [-0.2, -0.15) is 13.2 Å². The van der Waals surface area contributed by atoms with Crippen molar-refractivity contribution in [1.82, 2.24) is 4.98 Å². The fourth-order valence-electron chi connectivity index (χ4n) is 3.71. The molecule has 0 bridgehead atoms. The normalized spacial score (nSPS) is 14.0. The van der Waals surface area contributed by atoms with E-state index in [2.05, 4.69) is 15.2 Å². The van der Waals surface area contributed by atoms with Crippen molar-refractivity contribution in [3.8, 4) is 16.9 Å². The highest BCUT2D eigenvalue weighted by molar-refractivity contribution is 7.18. The number of hydrogen-bond donors (Lipinski definition) is 1. The number of amides is 1. The first-order chi connectivity index (χ1) is 17.1. The predicted octanol–water partition coefficient (Wildman–Crippen LogP) is 5.09. The average Bonchev–Trinajstić information content (AvgIpc) is 3.29. The van der Waals surface area contributed by atoms with Gasteiger partial charge in [-0.25, -0.2) is 0 Å². The highest BCUT2D eigenvalue weighted by atomic mass is 32.1. The molecule has 1 saturated heterocycles. The molecular weight excluding hydrogens is 495 g/mol. The van der Waals surface area contributed by atoms with Gasteiger partial charge < -0.3 is 19.7 Å². The maximum atomic E-state index is 13.3. The molecule has 0 atom stereocenters. The summed E-state index contributed by atoms with van der Waals surface area (Å²) >= 11 is 1.30. The third kappa shape index (κ3) is 6.21. The summed E-state index contributed by atoms with van der Waals surface area (Å²) in [5.74, 6) is -0.624.